The van der Waals surface area contributed by atoms with E-state index < -0.39 is 23.7 Å². The Labute approximate surface area is 154 Å². The van der Waals surface area contributed by atoms with Crippen molar-refractivity contribution in [1.29, 1.82) is 0 Å². The molecule has 0 radical (unpaired) electrons. The van der Waals surface area contributed by atoms with E-state index in [2.05, 4.69) is 18.0 Å². The van der Waals surface area contributed by atoms with E-state index in [1.165, 1.54) is 22.7 Å². The van der Waals surface area contributed by atoms with Crippen LogP contribution in [-0.4, -0.2) is 31.1 Å². The molecular formula is C18H20N6O3. The van der Waals surface area contributed by atoms with Gasteiger partial charge in [0.15, 0.2) is 11.2 Å². The van der Waals surface area contributed by atoms with E-state index in [1.54, 1.807) is 4.57 Å². The fourth-order valence-electron chi connectivity index (χ4n) is 3.51. The Balaban J connectivity index is 1.95. The van der Waals surface area contributed by atoms with Crippen molar-refractivity contribution < 1.29 is 4.79 Å². The highest BCUT2D eigenvalue weighted by atomic mass is 16.2. The quantitative estimate of drug-likeness (QED) is 0.708. The molecule has 0 bridgehead atoms. The van der Waals surface area contributed by atoms with Gasteiger partial charge in [-0.05, 0) is 37.1 Å². The molecule has 0 atom stereocenters. The second-order valence-electron chi connectivity index (χ2n) is 6.86. The van der Waals surface area contributed by atoms with Gasteiger partial charge in [0.05, 0.1) is 0 Å². The maximum absolute atomic E-state index is 12.9. The minimum atomic E-state index is -0.744. The Morgan fingerprint density at radius 3 is 2.59 bits per heavy atom. The molecule has 1 amide bonds. The maximum atomic E-state index is 12.9. The third kappa shape index (κ3) is 2.46. The number of imidazole rings is 1. The van der Waals surface area contributed by atoms with Crippen LogP contribution < -0.4 is 21.9 Å². The van der Waals surface area contributed by atoms with Gasteiger partial charge in [-0.25, -0.2) is 9.36 Å². The van der Waals surface area contributed by atoms with E-state index in [0.717, 1.165) is 10.3 Å². The standard InChI is InChI=1S/C18H20N6O3/c1-10-4-5-12(8-11(10)2)22-6-7-23-14-15(20-17(22)23)21(3)18(27)24(16(14)26)9-13(19)25/h4-5,8H,6-7,9H2,1-3H3,(H2,19,25). The minimum absolute atomic E-state index is 0.300. The summed E-state index contributed by atoms with van der Waals surface area (Å²) >= 11 is 0. The number of amides is 1. The molecule has 9 nitrogen and oxygen atoms in total. The molecule has 1 aromatic carbocycles. The van der Waals surface area contributed by atoms with Crippen LogP contribution in [0.2, 0.25) is 0 Å². The largest absolute Gasteiger partial charge is 0.368 e. The van der Waals surface area contributed by atoms with Gasteiger partial charge in [0.1, 0.15) is 6.54 Å². The molecule has 9 heteroatoms. The second kappa shape index (κ2) is 5.83. The summed E-state index contributed by atoms with van der Waals surface area (Å²) in [6.07, 6.45) is 0. The van der Waals surface area contributed by atoms with Crippen LogP contribution in [0.1, 0.15) is 11.1 Å². The number of carbonyl (C=O) groups excluding carboxylic acids is 1. The van der Waals surface area contributed by atoms with Crippen LogP contribution in [-0.2, 0) is 24.9 Å². The van der Waals surface area contributed by atoms with Crippen LogP contribution in [0.3, 0.4) is 0 Å². The number of benzene rings is 1. The predicted molar refractivity (Wildman–Crippen MR) is 101 cm³/mol. The van der Waals surface area contributed by atoms with Gasteiger partial charge in [-0.2, -0.15) is 4.98 Å². The number of rotatable bonds is 3. The summed E-state index contributed by atoms with van der Waals surface area (Å²) in [5, 5.41) is 0. The zero-order chi connectivity index (χ0) is 19.5. The monoisotopic (exact) mass is 368 g/mol. The summed E-state index contributed by atoms with van der Waals surface area (Å²) in [5.74, 6) is -0.136. The second-order valence-corrected chi connectivity index (χ2v) is 6.86. The Hall–Kier alpha value is -3.36. The molecule has 2 N–H and O–H groups in total. The SMILES string of the molecule is Cc1ccc(N2CCn3c2nc2c3c(=O)n(CC(N)=O)c(=O)n2C)cc1C. The van der Waals surface area contributed by atoms with E-state index in [-0.39, 0.29) is 0 Å². The lowest BCUT2D eigenvalue weighted by Crippen LogP contribution is -2.42. The Bertz CT molecular complexity index is 1220. The number of anilines is 2. The topological polar surface area (TPSA) is 108 Å². The Kier molecular flexibility index (Phi) is 3.69. The van der Waals surface area contributed by atoms with Gasteiger partial charge >= 0.3 is 5.69 Å². The summed E-state index contributed by atoms with van der Waals surface area (Å²) in [5.41, 5.74) is 7.98. The molecule has 0 saturated carbocycles. The van der Waals surface area contributed by atoms with Crippen molar-refractivity contribution in [3.8, 4) is 0 Å². The molecule has 27 heavy (non-hydrogen) atoms. The Morgan fingerprint density at radius 2 is 1.93 bits per heavy atom. The first kappa shape index (κ1) is 17.1. The van der Waals surface area contributed by atoms with E-state index in [4.69, 9.17) is 5.73 Å². The van der Waals surface area contributed by atoms with Gasteiger partial charge in [-0.15, -0.1) is 0 Å². The van der Waals surface area contributed by atoms with Crippen molar-refractivity contribution in [2.75, 3.05) is 11.4 Å². The molecule has 1 aliphatic heterocycles. The molecular weight excluding hydrogens is 348 g/mol. The molecule has 3 heterocycles. The number of primary amides is 1. The number of hydrogen-bond donors (Lipinski definition) is 1. The molecule has 140 valence electrons. The van der Waals surface area contributed by atoms with Crippen molar-refractivity contribution >= 4 is 28.7 Å². The van der Waals surface area contributed by atoms with Crippen molar-refractivity contribution in [2.24, 2.45) is 12.8 Å². The number of aromatic nitrogens is 4. The van der Waals surface area contributed by atoms with E-state index >= 15 is 0 Å². The Morgan fingerprint density at radius 1 is 1.19 bits per heavy atom. The first-order chi connectivity index (χ1) is 12.8. The van der Waals surface area contributed by atoms with Crippen LogP contribution in [0, 0.1) is 13.8 Å². The fourth-order valence-corrected chi connectivity index (χ4v) is 3.51. The molecule has 0 fully saturated rings. The summed E-state index contributed by atoms with van der Waals surface area (Å²) in [6.45, 7) is 4.86. The molecule has 0 aliphatic carbocycles. The van der Waals surface area contributed by atoms with Gasteiger partial charge < -0.3 is 15.2 Å². The zero-order valence-corrected chi connectivity index (χ0v) is 15.4. The smallest absolute Gasteiger partial charge is 0.332 e. The number of nitrogens with zero attached hydrogens (tertiary/aromatic N) is 5. The highest BCUT2D eigenvalue weighted by Crippen LogP contribution is 2.32. The highest BCUT2D eigenvalue weighted by Gasteiger charge is 2.29. The van der Waals surface area contributed by atoms with Crippen LogP contribution in [0.25, 0.3) is 11.2 Å². The maximum Gasteiger partial charge on any atom is 0.332 e. The average molecular weight is 368 g/mol. The average Bonchev–Trinajstić information content (AvgIpc) is 3.18. The van der Waals surface area contributed by atoms with Gasteiger partial charge in [0.25, 0.3) is 5.56 Å². The van der Waals surface area contributed by atoms with E-state index in [1.807, 2.05) is 24.0 Å². The first-order valence-electron chi connectivity index (χ1n) is 8.62. The zero-order valence-electron chi connectivity index (χ0n) is 15.4. The number of nitrogens with two attached hydrogens (primary N) is 1. The first-order valence-corrected chi connectivity index (χ1v) is 8.62. The van der Waals surface area contributed by atoms with Crippen molar-refractivity contribution in [1.82, 2.24) is 18.7 Å². The lowest BCUT2D eigenvalue weighted by Gasteiger charge is -2.17. The highest BCUT2D eigenvalue weighted by molar-refractivity contribution is 5.79. The summed E-state index contributed by atoms with van der Waals surface area (Å²) in [4.78, 5) is 43.2. The normalized spacial score (nSPS) is 13.4. The predicted octanol–water partition coefficient (Wildman–Crippen LogP) is 0.151. The lowest BCUT2D eigenvalue weighted by atomic mass is 10.1. The minimum Gasteiger partial charge on any atom is -0.368 e. The molecule has 0 unspecified atom stereocenters. The van der Waals surface area contributed by atoms with Crippen molar-refractivity contribution in [3.63, 3.8) is 0 Å². The van der Waals surface area contributed by atoms with Crippen molar-refractivity contribution in [2.45, 2.75) is 26.9 Å². The number of carbonyl (C=O) groups is 1. The molecule has 3 aromatic rings. The summed E-state index contributed by atoms with van der Waals surface area (Å²) in [7, 11) is 1.53. The van der Waals surface area contributed by atoms with Gasteiger partial charge in [-0.1, -0.05) is 6.07 Å². The van der Waals surface area contributed by atoms with Crippen molar-refractivity contribution in [3.05, 3.63) is 50.2 Å². The molecule has 2 aromatic heterocycles. The van der Waals surface area contributed by atoms with Crippen LogP contribution in [0.4, 0.5) is 11.6 Å². The van der Waals surface area contributed by atoms with E-state index in [0.29, 0.717) is 30.2 Å². The fraction of sp³-hybridized carbons (Fsp3) is 0.333. The van der Waals surface area contributed by atoms with Gasteiger partial charge in [0, 0.05) is 25.8 Å². The number of hydrogen-bond acceptors (Lipinski definition) is 5. The number of aryl methyl sites for hydroxylation is 3. The summed E-state index contributed by atoms with van der Waals surface area (Å²) < 4.78 is 3.94. The molecule has 0 spiro atoms. The third-order valence-electron chi connectivity index (χ3n) is 5.12. The molecule has 4 rings (SSSR count). The van der Waals surface area contributed by atoms with Gasteiger partial charge in [-0.3, -0.25) is 14.2 Å². The van der Waals surface area contributed by atoms with E-state index in [9.17, 15) is 14.4 Å². The molecule has 1 aliphatic rings. The van der Waals surface area contributed by atoms with Crippen LogP contribution in [0.5, 0.6) is 0 Å². The van der Waals surface area contributed by atoms with Crippen LogP contribution >= 0.6 is 0 Å². The van der Waals surface area contributed by atoms with Gasteiger partial charge in [0.2, 0.25) is 11.9 Å². The van der Waals surface area contributed by atoms with Crippen LogP contribution in [0.15, 0.2) is 27.8 Å². The number of fused-ring (bicyclic) bond motifs is 3. The lowest BCUT2D eigenvalue weighted by molar-refractivity contribution is -0.118. The summed E-state index contributed by atoms with van der Waals surface area (Å²) in [6, 6.07) is 6.14. The third-order valence-corrected chi connectivity index (χ3v) is 5.12. The molecule has 0 saturated heterocycles.